The molecule has 0 fully saturated rings. The van der Waals surface area contributed by atoms with E-state index in [1.54, 1.807) is 19.2 Å². The fourth-order valence-electron chi connectivity index (χ4n) is 4.88. The Morgan fingerprint density at radius 1 is 1.20 bits per heavy atom. The number of ether oxygens (including phenoxy) is 2. The average Bonchev–Trinajstić information content (AvgIpc) is 2.98. The maximum absolute atomic E-state index is 13.5. The lowest BCUT2D eigenvalue weighted by molar-refractivity contribution is -0.148. The van der Waals surface area contributed by atoms with Gasteiger partial charge < -0.3 is 9.47 Å². The third kappa shape index (κ3) is 3.98. The fraction of sp³-hybridized carbons (Fsp3) is 0.520. The first-order valence-electron chi connectivity index (χ1n) is 10.6. The zero-order valence-electron chi connectivity index (χ0n) is 19.3. The van der Waals surface area contributed by atoms with Gasteiger partial charge in [-0.2, -0.15) is 0 Å². The van der Waals surface area contributed by atoms with Crippen LogP contribution in [0.1, 0.15) is 57.5 Å². The standard InChI is InChI=1S/C25H34O4Si/c1-9-13-29-24(27)25(12-14-30(17(2)3,18(4)5)19(6)7)16-20-15-21(28-8)10-11-22(20)23(25)26/h9-11,15,17-19H,1,13,16H2,2-8H3. The predicted octanol–water partition coefficient (Wildman–Crippen LogP) is 5.37. The molecule has 0 bridgehead atoms. The Labute approximate surface area is 182 Å². The molecule has 0 aromatic heterocycles. The van der Waals surface area contributed by atoms with Crippen LogP contribution in [0.25, 0.3) is 0 Å². The number of hydrogen-bond donors (Lipinski definition) is 0. The van der Waals surface area contributed by atoms with Crippen molar-refractivity contribution in [3.05, 3.63) is 42.0 Å². The summed E-state index contributed by atoms with van der Waals surface area (Å²) >= 11 is 0. The average molecular weight is 427 g/mol. The van der Waals surface area contributed by atoms with Gasteiger partial charge in [-0.05, 0) is 40.4 Å². The third-order valence-corrected chi connectivity index (χ3v) is 12.7. The molecule has 30 heavy (non-hydrogen) atoms. The van der Waals surface area contributed by atoms with Crippen LogP contribution in [-0.2, 0) is 16.0 Å². The molecular formula is C25H34O4Si. The molecule has 162 valence electrons. The summed E-state index contributed by atoms with van der Waals surface area (Å²) in [5, 5.41) is 0. The predicted molar refractivity (Wildman–Crippen MR) is 123 cm³/mol. The van der Waals surface area contributed by atoms with Gasteiger partial charge >= 0.3 is 5.97 Å². The zero-order valence-corrected chi connectivity index (χ0v) is 20.3. The van der Waals surface area contributed by atoms with E-state index in [1.165, 1.54) is 6.08 Å². The molecule has 1 aliphatic rings. The maximum atomic E-state index is 13.5. The van der Waals surface area contributed by atoms with Crippen LogP contribution < -0.4 is 4.74 Å². The molecule has 1 aliphatic carbocycles. The number of esters is 1. The Balaban J connectivity index is 2.67. The summed E-state index contributed by atoms with van der Waals surface area (Å²) in [5.74, 6) is 3.02. The van der Waals surface area contributed by atoms with Gasteiger partial charge in [0.15, 0.2) is 11.2 Å². The monoisotopic (exact) mass is 426 g/mol. The van der Waals surface area contributed by atoms with Crippen molar-refractivity contribution in [3.63, 3.8) is 0 Å². The number of rotatable bonds is 7. The summed E-state index contributed by atoms with van der Waals surface area (Å²) in [6, 6.07) is 5.28. The second kappa shape index (κ2) is 9.22. The van der Waals surface area contributed by atoms with Gasteiger partial charge in [-0.25, -0.2) is 4.79 Å². The second-order valence-corrected chi connectivity index (χ2v) is 14.5. The highest BCUT2D eigenvalue weighted by molar-refractivity contribution is 6.90. The van der Waals surface area contributed by atoms with E-state index in [4.69, 9.17) is 9.47 Å². The number of ketones is 1. The molecule has 0 amide bonds. The third-order valence-electron chi connectivity index (χ3n) is 6.44. The zero-order chi connectivity index (χ0) is 22.7. The van der Waals surface area contributed by atoms with Crippen molar-refractivity contribution in [2.45, 2.75) is 64.6 Å². The molecule has 0 heterocycles. The molecule has 0 saturated heterocycles. The van der Waals surface area contributed by atoms with Crippen LogP contribution in [0, 0.1) is 16.9 Å². The molecule has 5 heteroatoms. The molecule has 1 atom stereocenters. The molecule has 1 unspecified atom stereocenters. The fourth-order valence-corrected chi connectivity index (χ4v) is 10.2. The largest absolute Gasteiger partial charge is 0.497 e. The van der Waals surface area contributed by atoms with Crippen molar-refractivity contribution in [2.75, 3.05) is 13.7 Å². The van der Waals surface area contributed by atoms with Crippen molar-refractivity contribution >= 4 is 19.8 Å². The molecule has 1 aromatic carbocycles. The molecule has 0 spiro atoms. The van der Waals surface area contributed by atoms with E-state index in [1.807, 2.05) is 6.07 Å². The first kappa shape index (κ1) is 24.0. The highest BCUT2D eigenvalue weighted by Crippen LogP contribution is 2.43. The highest BCUT2D eigenvalue weighted by Gasteiger charge is 2.53. The van der Waals surface area contributed by atoms with E-state index in [9.17, 15) is 9.59 Å². The van der Waals surface area contributed by atoms with Gasteiger partial charge in [-0.1, -0.05) is 60.1 Å². The molecular weight excluding hydrogens is 392 g/mol. The van der Waals surface area contributed by atoms with Crippen molar-refractivity contribution in [1.29, 1.82) is 0 Å². The molecule has 0 N–H and O–H groups in total. The lowest BCUT2D eigenvalue weighted by Crippen LogP contribution is -2.45. The first-order valence-corrected chi connectivity index (χ1v) is 12.8. The molecule has 2 rings (SSSR count). The Kier molecular flexibility index (Phi) is 7.36. The highest BCUT2D eigenvalue weighted by atomic mass is 28.3. The van der Waals surface area contributed by atoms with Crippen LogP contribution in [0.5, 0.6) is 5.75 Å². The molecule has 4 nitrogen and oxygen atoms in total. The number of carbonyl (C=O) groups excluding carboxylic acids is 2. The Morgan fingerprint density at radius 3 is 2.30 bits per heavy atom. The number of fused-ring (bicyclic) bond motifs is 1. The van der Waals surface area contributed by atoms with E-state index < -0.39 is 19.5 Å². The van der Waals surface area contributed by atoms with Gasteiger partial charge in [0.05, 0.1) is 7.11 Å². The van der Waals surface area contributed by atoms with E-state index in [-0.39, 0.29) is 18.8 Å². The number of carbonyl (C=O) groups is 2. The molecule has 0 saturated carbocycles. The summed E-state index contributed by atoms with van der Waals surface area (Å²) in [5.41, 5.74) is 4.54. The topological polar surface area (TPSA) is 52.6 Å². The second-order valence-electron chi connectivity index (χ2n) is 8.97. The van der Waals surface area contributed by atoms with Crippen molar-refractivity contribution < 1.29 is 19.1 Å². The Hall–Kier alpha value is -2.32. The van der Waals surface area contributed by atoms with Crippen LogP contribution >= 0.6 is 0 Å². The van der Waals surface area contributed by atoms with Crippen LogP contribution in [0.2, 0.25) is 16.6 Å². The van der Waals surface area contributed by atoms with Gasteiger partial charge in [0.1, 0.15) is 20.4 Å². The van der Waals surface area contributed by atoms with Crippen LogP contribution in [-0.4, -0.2) is 33.5 Å². The van der Waals surface area contributed by atoms with E-state index in [0.29, 0.717) is 27.9 Å². The lowest BCUT2D eigenvalue weighted by atomic mass is 9.84. The minimum Gasteiger partial charge on any atom is -0.497 e. The van der Waals surface area contributed by atoms with Crippen molar-refractivity contribution in [2.24, 2.45) is 5.41 Å². The van der Waals surface area contributed by atoms with E-state index in [2.05, 4.69) is 59.6 Å². The minimum absolute atomic E-state index is 0.0519. The van der Waals surface area contributed by atoms with Crippen LogP contribution in [0.4, 0.5) is 0 Å². The van der Waals surface area contributed by atoms with E-state index >= 15 is 0 Å². The number of methoxy groups -OCH3 is 1. The van der Waals surface area contributed by atoms with Gasteiger partial charge in [0.25, 0.3) is 0 Å². The smallest absolute Gasteiger partial charge is 0.333 e. The van der Waals surface area contributed by atoms with Gasteiger partial charge in [0, 0.05) is 12.0 Å². The lowest BCUT2D eigenvalue weighted by Gasteiger charge is -2.38. The number of Topliss-reactive ketones (excluding diaryl/α,β-unsaturated/α-hetero) is 1. The minimum atomic E-state index is -2.14. The Bertz CT molecular complexity index is 866. The van der Waals surface area contributed by atoms with E-state index in [0.717, 1.165) is 5.56 Å². The molecule has 0 radical (unpaired) electrons. The Morgan fingerprint density at radius 2 is 1.80 bits per heavy atom. The molecule has 0 aliphatic heterocycles. The SMILES string of the molecule is C=CCOC(=O)C1(C#C[Si](C(C)C)(C(C)C)C(C)C)Cc2cc(OC)ccc2C1=O. The van der Waals surface area contributed by atoms with Crippen molar-refractivity contribution in [3.8, 4) is 17.2 Å². The summed E-state index contributed by atoms with van der Waals surface area (Å²) < 4.78 is 10.7. The first-order chi connectivity index (χ1) is 14.1. The summed E-state index contributed by atoms with van der Waals surface area (Å²) in [6.45, 7) is 16.9. The number of benzene rings is 1. The van der Waals surface area contributed by atoms with Crippen molar-refractivity contribution in [1.82, 2.24) is 0 Å². The van der Waals surface area contributed by atoms with Gasteiger partial charge in [-0.15, -0.1) is 5.54 Å². The van der Waals surface area contributed by atoms with Crippen LogP contribution in [0.3, 0.4) is 0 Å². The summed E-state index contributed by atoms with van der Waals surface area (Å²) in [4.78, 5) is 26.7. The summed E-state index contributed by atoms with van der Waals surface area (Å²) in [6.07, 6.45) is 1.71. The van der Waals surface area contributed by atoms with Gasteiger partial charge in [0.2, 0.25) is 0 Å². The summed E-state index contributed by atoms with van der Waals surface area (Å²) in [7, 11) is -0.555. The number of hydrogen-bond acceptors (Lipinski definition) is 4. The van der Waals surface area contributed by atoms with Gasteiger partial charge in [-0.3, -0.25) is 4.79 Å². The normalized spacial score (nSPS) is 18.3. The molecule has 1 aromatic rings. The van der Waals surface area contributed by atoms with Crippen LogP contribution in [0.15, 0.2) is 30.9 Å². The maximum Gasteiger partial charge on any atom is 0.333 e. The quantitative estimate of drug-likeness (QED) is 0.193.